The molecule has 0 bridgehead atoms. The predicted molar refractivity (Wildman–Crippen MR) is 86.1 cm³/mol. The van der Waals surface area contributed by atoms with Crippen molar-refractivity contribution in [2.75, 3.05) is 0 Å². The number of aromatic nitrogens is 2. The van der Waals surface area contributed by atoms with Gasteiger partial charge in [0, 0.05) is 13.5 Å². The number of hydrogen-bond acceptors (Lipinski definition) is 6. The largest absolute Gasteiger partial charge is 0.426 e. The highest BCUT2D eigenvalue weighted by Crippen LogP contribution is 2.25. The molecular weight excluding hydrogens is 294 g/mol. The van der Waals surface area contributed by atoms with Crippen molar-refractivity contribution in [1.82, 2.24) is 15.5 Å². The molecule has 0 radical (unpaired) electrons. The minimum absolute atomic E-state index is 0.0185. The average molecular weight is 317 g/mol. The molecule has 23 heavy (non-hydrogen) atoms. The fourth-order valence-electron chi connectivity index (χ4n) is 2.55. The van der Waals surface area contributed by atoms with E-state index in [1.54, 1.807) is 6.92 Å². The van der Waals surface area contributed by atoms with Crippen molar-refractivity contribution in [3.8, 4) is 5.75 Å². The molecule has 0 saturated carbocycles. The van der Waals surface area contributed by atoms with Crippen LogP contribution in [-0.4, -0.2) is 16.1 Å². The molecule has 1 aromatic carbocycles. The third-order valence-electron chi connectivity index (χ3n) is 3.57. The first-order chi connectivity index (χ1) is 10.9. The van der Waals surface area contributed by atoms with Crippen LogP contribution in [0, 0.1) is 20.8 Å². The smallest absolute Gasteiger partial charge is 0.308 e. The van der Waals surface area contributed by atoms with E-state index < -0.39 is 0 Å². The molecule has 2 aromatic rings. The first kappa shape index (κ1) is 17.1. The van der Waals surface area contributed by atoms with Crippen LogP contribution < -0.4 is 10.1 Å². The van der Waals surface area contributed by atoms with Gasteiger partial charge in [-0.2, -0.15) is 4.98 Å². The molecule has 1 atom stereocenters. The maximum absolute atomic E-state index is 11.2. The second-order valence-corrected chi connectivity index (χ2v) is 5.67. The van der Waals surface area contributed by atoms with Gasteiger partial charge in [0.25, 0.3) is 0 Å². The number of esters is 1. The molecule has 0 aliphatic carbocycles. The summed E-state index contributed by atoms with van der Waals surface area (Å²) in [7, 11) is 0. The van der Waals surface area contributed by atoms with Gasteiger partial charge >= 0.3 is 5.97 Å². The molecule has 1 heterocycles. The Labute approximate surface area is 136 Å². The van der Waals surface area contributed by atoms with Crippen LogP contribution in [0.4, 0.5) is 0 Å². The van der Waals surface area contributed by atoms with Crippen molar-refractivity contribution < 1.29 is 14.1 Å². The van der Waals surface area contributed by atoms with E-state index in [1.807, 2.05) is 26.0 Å². The normalized spacial score (nSPS) is 12.2. The summed E-state index contributed by atoms with van der Waals surface area (Å²) in [6, 6.07) is 4.05. The lowest BCUT2D eigenvalue weighted by atomic mass is 10.1. The SMILES string of the molecule is CCC(NCc1cc(C)c(OC(C)=O)c(C)c1)c1nc(C)no1. The quantitative estimate of drug-likeness (QED) is 0.651. The predicted octanol–water partition coefficient (Wildman–Crippen LogP) is 3.16. The van der Waals surface area contributed by atoms with Gasteiger partial charge in [-0.15, -0.1) is 0 Å². The average Bonchev–Trinajstić information content (AvgIpc) is 2.90. The number of rotatable bonds is 6. The van der Waals surface area contributed by atoms with Gasteiger partial charge in [-0.1, -0.05) is 24.2 Å². The minimum Gasteiger partial charge on any atom is -0.426 e. The standard InChI is InChI=1S/C17H23N3O3/c1-6-15(17-19-12(4)20-23-17)18-9-14-7-10(2)16(11(3)8-14)22-13(5)21/h7-8,15,18H,6,9H2,1-5H3. The van der Waals surface area contributed by atoms with Crippen molar-refractivity contribution in [2.45, 2.75) is 53.6 Å². The van der Waals surface area contributed by atoms with Crippen molar-refractivity contribution in [2.24, 2.45) is 0 Å². The van der Waals surface area contributed by atoms with Gasteiger partial charge in [0.1, 0.15) is 5.75 Å². The van der Waals surface area contributed by atoms with E-state index in [0.717, 1.165) is 23.1 Å². The Balaban J connectivity index is 2.09. The highest BCUT2D eigenvalue weighted by atomic mass is 16.5. The summed E-state index contributed by atoms with van der Waals surface area (Å²) in [5.74, 6) is 1.58. The maximum atomic E-state index is 11.2. The molecule has 124 valence electrons. The van der Waals surface area contributed by atoms with Gasteiger partial charge in [-0.25, -0.2) is 0 Å². The lowest BCUT2D eigenvalue weighted by Gasteiger charge is -2.15. The zero-order valence-corrected chi connectivity index (χ0v) is 14.3. The summed E-state index contributed by atoms with van der Waals surface area (Å²) in [4.78, 5) is 15.4. The van der Waals surface area contributed by atoms with Crippen molar-refractivity contribution in [1.29, 1.82) is 0 Å². The number of carbonyl (C=O) groups is 1. The van der Waals surface area contributed by atoms with Crippen LogP contribution in [0.25, 0.3) is 0 Å². The summed E-state index contributed by atoms with van der Waals surface area (Å²) in [6.45, 7) is 9.83. The summed E-state index contributed by atoms with van der Waals surface area (Å²) >= 11 is 0. The van der Waals surface area contributed by atoms with E-state index in [9.17, 15) is 4.79 Å². The number of carbonyl (C=O) groups excluding carboxylic acids is 1. The summed E-state index contributed by atoms with van der Waals surface area (Å²) < 4.78 is 10.5. The molecule has 0 fully saturated rings. The molecule has 0 aliphatic rings. The molecule has 1 aromatic heterocycles. The molecule has 1 N–H and O–H groups in total. The fourth-order valence-corrected chi connectivity index (χ4v) is 2.55. The summed E-state index contributed by atoms with van der Waals surface area (Å²) in [5.41, 5.74) is 3.00. The Bertz CT molecular complexity index is 671. The summed E-state index contributed by atoms with van der Waals surface area (Å²) in [6.07, 6.45) is 0.852. The molecule has 2 rings (SSSR count). The van der Waals surface area contributed by atoms with Gasteiger partial charge in [0.05, 0.1) is 6.04 Å². The Kier molecular flexibility index (Phi) is 5.50. The Morgan fingerprint density at radius 3 is 2.43 bits per heavy atom. The van der Waals surface area contributed by atoms with Crippen LogP contribution in [0.3, 0.4) is 0 Å². The van der Waals surface area contributed by atoms with E-state index in [4.69, 9.17) is 9.26 Å². The molecule has 6 heteroatoms. The number of hydrogen-bond donors (Lipinski definition) is 1. The van der Waals surface area contributed by atoms with Gasteiger partial charge in [0.2, 0.25) is 5.89 Å². The highest BCUT2D eigenvalue weighted by molar-refractivity contribution is 5.70. The van der Waals surface area contributed by atoms with Gasteiger partial charge in [-0.05, 0) is 43.9 Å². The highest BCUT2D eigenvalue weighted by Gasteiger charge is 2.16. The van der Waals surface area contributed by atoms with Crippen molar-refractivity contribution >= 4 is 5.97 Å². The van der Waals surface area contributed by atoms with E-state index in [1.165, 1.54) is 6.92 Å². The molecule has 0 saturated heterocycles. The van der Waals surface area contributed by atoms with E-state index >= 15 is 0 Å². The lowest BCUT2D eigenvalue weighted by molar-refractivity contribution is -0.131. The Hall–Kier alpha value is -2.21. The third kappa shape index (κ3) is 4.39. The lowest BCUT2D eigenvalue weighted by Crippen LogP contribution is -2.21. The topological polar surface area (TPSA) is 77.2 Å². The fraction of sp³-hybridized carbons (Fsp3) is 0.471. The number of ether oxygens (including phenoxy) is 1. The van der Waals surface area contributed by atoms with Gasteiger partial charge < -0.3 is 14.6 Å². The van der Waals surface area contributed by atoms with Crippen molar-refractivity contribution in [3.63, 3.8) is 0 Å². The van der Waals surface area contributed by atoms with Crippen LogP contribution in [-0.2, 0) is 11.3 Å². The maximum Gasteiger partial charge on any atom is 0.308 e. The molecule has 0 aliphatic heterocycles. The molecule has 0 spiro atoms. The molecule has 0 amide bonds. The number of nitrogens with zero attached hydrogens (tertiary/aromatic N) is 2. The van der Waals surface area contributed by atoms with Crippen LogP contribution >= 0.6 is 0 Å². The third-order valence-corrected chi connectivity index (χ3v) is 3.57. The monoisotopic (exact) mass is 317 g/mol. The van der Waals surface area contributed by atoms with Crippen LogP contribution in [0.1, 0.15) is 54.7 Å². The van der Waals surface area contributed by atoms with Crippen LogP contribution in [0.15, 0.2) is 16.7 Å². The second-order valence-electron chi connectivity index (χ2n) is 5.67. The van der Waals surface area contributed by atoms with E-state index in [0.29, 0.717) is 24.0 Å². The summed E-state index contributed by atoms with van der Waals surface area (Å²) in [5, 5.41) is 7.26. The number of benzene rings is 1. The first-order valence-electron chi connectivity index (χ1n) is 7.72. The molecular formula is C17H23N3O3. The Morgan fingerprint density at radius 1 is 1.30 bits per heavy atom. The zero-order chi connectivity index (χ0) is 17.0. The number of aryl methyl sites for hydroxylation is 3. The van der Waals surface area contributed by atoms with Gasteiger partial charge in [0.15, 0.2) is 5.82 Å². The van der Waals surface area contributed by atoms with E-state index in [2.05, 4.69) is 22.4 Å². The second kappa shape index (κ2) is 7.37. The van der Waals surface area contributed by atoms with Crippen molar-refractivity contribution in [3.05, 3.63) is 40.5 Å². The van der Waals surface area contributed by atoms with E-state index in [-0.39, 0.29) is 12.0 Å². The zero-order valence-electron chi connectivity index (χ0n) is 14.3. The van der Waals surface area contributed by atoms with Crippen LogP contribution in [0.5, 0.6) is 5.75 Å². The molecule has 6 nitrogen and oxygen atoms in total. The first-order valence-corrected chi connectivity index (χ1v) is 7.72. The minimum atomic E-state index is -0.306. The molecule has 1 unspecified atom stereocenters. The van der Waals surface area contributed by atoms with Crippen LogP contribution in [0.2, 0.25) is 0 Å². The Morgan fingerprint density at radius 2 is 1.96 bits per heavy atom. The number of nitrogens with one attached hydrogen (secondary N) is 1. The van der Waals surface area contributed by atoms with Gasteiger partial charge in [-0.3, -0.25) is 4.79 Å².